The average molecular weight is 161 g/mol. The highest BCUT2D eigenvalue weighted by Gasteiger charge is 2.20. The molecule has 0 saturated heterocycles. The Balaban J connectivity index is 2.47. The number of amides is 1. The van der Waals surface area contributed by atoms with Crippen LogP contribution in [0.15, 0.2) is 35.0 Å². The molecular weight excluding hydrogens is 154 g/mol. The van der Waals surface area contributed by atoms with Gasteiger partial charge >= 0.3 is 0 Å². The molecule has 1 amide bonds. The van der Waals surface area contributed by atoms with E-state index < -0.39 is 0 Å². The third-order valence-corrected chi connectivity index (χ3v) is 1.61. The second-order valence-electron chi connectivity index (χ2n) is 2.58. The van der Waals surface area contributed by atoms with Gasteiger partial charge in [0.15, 0.2) is 0 Å². The van der Waals surface area contributed by atoms with Crippen LogP contribution in [0.25, 0.3) is 0 Å². The van der Waals surface area contributed by atoms with Crippen molar-refractivity contribution >= 4 is 11.8 Å². The molecule has 0 aliphatic carbocycles. The Hall–Kier alpha value is -1.80. The predicted octanol–water partition coefficient (Wildman–Crippen LogP) is 0.318. The highest BCUT2D eigenvalue weighted by atomic mass is 16.2. The second-order valence-corrected chi connectivity index (χ2v) is 2.58. The average Bonchev–Trinajstić information content (AvgIpc) is 2.04. The van der Waals surface area contributed by atoms with Crippen LogP contribution in [0.5, 0.6) is 0 Å². The zero-order valence-corrected chi connectivity index (χ0v) is 6.53. The topological polar surface area (TPSA) is 44.7 Å². The second kappa shape index (κ2) is 2.36. The van der Waals surface area contributed by atoms with E-state index in [1.54, 1.807) is 11.1 Å². The molecule has 0 saturated carbocycles. The first kappa shape index (κ1) is 6.88. The van der Waals surface area contributed by atoms with Crippen molar-refractivity contribution in [2.45, 2.75) is 6.92 Å². The van der Waals surface area contributed by atoms with Gasteiger partial charge in [0, 0.05) is 17.8 Å². The number of rotatable bonds is 0. The van der Waals surface area contributed by atoms with Crippen molar-refractivity contribution in [1.29, 1.82) is 0 Å². The van der Waals surface area contributed by atoms with Crippen LogP contribution in [0.4, 0.5) is 0 Å². The van der Waals surface area contributed by atoms with E-state index in [9.17, 15) is 4.79 Å². The van der Waals surface area contributed by atoms with Crippen LogP contribution in [0.3, 0.4) is 0 Å². The van der Waals surface area contributed by atoms with Crippen molar-refractivity contribution in [3.8, 4) is 0 Å². The number of aliphatic imine (C=N–C) groups is 1. The number of fused-ring (bicyclic) bond motifs is 1. The summed E-state index contributed by atoms with van der Waals surface area (Å²) in [5.74, 6) is 2.52. The Morgan fingerprint density at radius 2 is 2.50 bits per heavy atom. The Labute approximate surface area is 69.6 Å². The molecule has 1 N–H and O–H groups in total. The fraction of sp³-hybridized carbons (Fsp3) is 0.125. The minimum Gasteiger partial charge on any atom is -0.323 e. The molecule has 4 heteroatoms. The van der Waals surface area contributed by atoms with Crippen LogP contribution in [-0.2, 0) is 4.79 Å². The summed E-state index contributed by atoms with van der Waals surface area (Å²) in [5, 5.41) is 2.68. The lowest BCUT2D eigenvalue weighted by Gasteiger charge is -2.24. The Bertz CT molecular complexity index is 358. The van der Waals surface area contributed by atoms with Gasteiger partial charge < -0.3 is 10.2 Å². The maximum atomic E-state index is 11.3. The quantitative estimate of drug-likeness (QED) is 0.556. The maximum absolute atomic E-state index is 11.3. The maximum Gasteiger partial charge on any atom is 0.274 e. The zero-order chi connectivity index (χ0) is 8.55. The lowest BCUT2D eigenvalue weighted by Crippen LogP contribution is -2.35. The standard InChI is InChI=1S/C8H7N3O/c1-6-5-11-3-2-9-4-7(11)8(12)10-6/h3-5H,1H3,(H,10,12). The molecule has 0 aromatic heterocycles. The summed E-state index contributed by atoms with van der Waals surface area (Å²) >= 11 is 0. The van der Waals surface area contributed by atoms with E-state index in [0.717, 1.165) is 5.70 Å². The number of nitrogens with zero attached hydrogens (tertiary/aromatic N) is 2. The van der Waals surface area contributed by atoms with Gasteiger partial charge in [0.05, 0.1) is 12.4 Å². The third kappa shape index (κ3) is 0.946. The van der Waals surface area contributed by atoms with E-state index in [2.05, 4.69) is 16.2 Å². The molecule has 0 unspecified atom stereocenters. The van der Waals surface area contributed by atoms with E-state index in [0.29, 0.717) is 5.70 Å². The molecule has 2 aliphatic heterocycles. The lowest BCUT2D eigenvalue weighted by atomic mass is 10.3. The Kier molecular flexibility index (Phi) is 1.35. The van der Waals surface area contributed by atoms with E-state index in [1.165, 1.54) is 6.20 Å². The van der Waals surface area contributed by atoms with Crippen molar-refractivity contribution in [3.05, 3.63) is 30.0 Å². The van der Waals surface area contributed by atoms with Gasteiger partial charge in [0.25, 0.3) is 5.91 Å². The molecule has 2 aliphatic rings. The van der Waals surface area contributed by atoms with Crippen molar-refractivity contribution in [3.63, 3.8) is 0 Å². The van der Waals surface area contributed by atoms with Crippen LogP contribution >= 0.6 is 0 Å². The molecule has 0 atom stereocenters. The Morgan fingerprint density at radius 1 is 1.67 bits per heavy atom. The Morgan fingerprint density at radius 3 is 3.33 bits per heavy atom. The predicted molar refractivity (Wildman–Crippen MR) is 43.8 cm³/mol. The number of carbonyl (C=O) groups excluding carboxylic acids is 1. The van der Waals surface area contributed by atoms with Crippen LogP contribution in [0, 0.1) is 0 Å². The molecule has 2 rings (SSSR count). The highest BCUT2D eigenvalue weighted by molar-refractivity contribution is 5.96. The number of hydrogen-bond donors (Lipinski definition) is 1. The van der Waals surface area contributed by atoms with Crippen molar-refractivity contribution in [2.75, 3.05) is 0 Å². The fourth-order valence-corrected chi connectivity index (χ4v) is 1.10. The lowest BCUT2D eigenvalue weighted by molar-refractivity contribution is -0.118. The first-order chi connectivity index (χ1) is 5.77. The molecule has 4 nitrogen and oxygen atoms in total. The summed E-state index contributed by atoms with van der Waals surface area (Å²) in [6.07, 6.45) is 4.92. The molecule has 0 aromatic carbocycles. The van der Waals surface area contributed by atoms with Gasteiger partial charge in [-0.1, -0.05) is 0 Å². The molecule has 12 heavy (non-hydrogen) atoms. The molecule has 0 fully saturated rings. The smallest absolute Gasteiger partial charge is 0.274 e. The highest BCUT2D eigenvalue weighted by Crippen LogP contribution is 2.14. The normalized spacial score (nSPS) is 19.8. The summed E-state index contributed by atoms with van der Waals surface area (Å²) < 4.78 is 0. The van der Waals surface area contributed by atoms with Gasteiger partial charge in [-0.05, 0) is 6.92 Å². The first-order valence-corrected chi connectivity index (χ1v) is 3.54. The van der Waals surface area contributed by atoms with Crippen LogP contribution < -0.4 is 5.32 Å². The molecule has 0 aromatic rings. The SMILES string of the molecule is CC1=CN2C=C=NC=C2C(=O)N1. The minimum absolute atomic E-state index is 0.128. The largest absolute Gasteiger partial charge is 0.323 e. The molecule has 0 spiro atoms. The molecule has 60 valence electrons. The number of carbonyl (C=O) groups is 1. The summed E-state index contributed by atoms with van der Waals surface area (Å²) in [6, 6.07) is 0. The van der Waals surface area contributed by atoms with Crippen LogP contribution in [-0.4, -0.2) is 16.7 Å². The molecular formula is C8H7N3O. The first-order valence-electron chi connectivity index (χ1n) is 3.54. The van der Waals surface area contributed by atoms with Crippen LogP contribution in [0.1, 0.15) is 6.92 Å². The monoisotopic (exact) mass is 161 g/mol. The van der Waals surface area contributed by atoms with Gasteiger partial charge in [-0.25, -0.2) is 4.99 Å². The van der Waals surface area contributed by atoms with E-state index in [4.69, 9.17) is 0 Å². The third-order valence-electron chi connectivity index (χ3n) is 1.61. The summed E-state index contributed by atoms with van der Waals surface area (Å²) in [4.78, 5) is 16.7. The van der Waals surface area contributed by atoms with Gasteiger partial charge in [-0.2, -0.15) is 0 Å². The van der Waals surface area contributed by atoms with Crippen LogP contribution in [0.2, 0.25) is 0 Å². The molecule has 2 heterocycles. The zero-order valence-electron chi connectivity index (χ0n) is 6.53. The number of hydrogen-bond acceptors (Lipinski definition) is 3. The van der Waals surface area contributed by atoms with E-state index in [-0.39, 0.29) is 5.91 Å². The molecule has 0 bridgehead atoms. The summed E-state index contributed by atoms with van der Waals surface area (Å²) in [7, 11) is 0. The van der Waals surface area contributed by atoms with Crippen molar-refractivity contribution < 1.29 is 4.79 Å². The summed E-state index contributed by atoms with van der Waals surface area (Å²) in [6.45, 7) is 1.83. The van der Waals surface area contributed by atoms with Gasteiger partial charge in [-0.3, -0.25) is 4.79 Å². The van der Waals surface area contributed by atoms with Gasteiger partial charge in [0.2, 0.25) is 0 Å². The van der Waals surface area contributed by atoms with E-state index >= 15 is 0 Å². The molecule has 0 radical (unpaired) electrons. The fourth-order valence-electron chi connectivity index (χ4n) is 1.10. The summed E-state index contributed by atoms with van der Waals surface area (Å²) in [5.41, 5.74) is 1.34. The van der Waals surface area contributed by atoms with Crippen molar-refractivity contribution in [2.24, 2.45) is 4.99 Å². The van der Waals surface area contributed by atoms with Gasteiger partial charge in [-0.15, -0.1) is 0 Å². The van der Waals surface area contributed by atoms with Crippen molar-refractivity contribution in [1.82, 2.24) is 10.2 Å². The number of nitrogens with one attached hydrogen (secondary N) is 1. The van der Waals surface area contributed by atoms with E-state index in [1.807, 2.05) is 13.1 Å². The number of allylic oxidation sites excluding steroid dienone is 1. The van der Waals surface area contributed by atoms with Gasteiger partial charge in [0.1, 0.15) is 5.70 Å². The minimum atomic E-state index is -0.128.